The van der Waals surface area contributed by atoms with E-state index in [-0.39, 0.29) is 212 Å². The fourth-order valence-corrected chi connectivity index (χ4v) is 6.49. The molecule has 0 saturated carbocycles. The first kappa shape index (κ1) is 77.4. The summed E-state index contributed by atoms with van der Waals surface area (Å²) in [6.45, 7) is 3.88. The Kier molecular flexibility index (Phi) is 51.2. The zero-order valence-corrected chi connectivity index (χ0v) is 46.6. The molecule has 0 aliphatic rings. The number of nitrogens with two attached hydrogens (primary N) is 6. The maximum Gasteiger partial charge on any atom is 0.141 e. The molecule has 0 aliphatic heterocycles. The highest BCUT2D eigenvalue weighted by Gasteiger charge is 2.40. The molecule has 0 radical (unpaired) electrons. The highest BCUT2D eigenvalue weighted by atomic mass is 16.6. The summed E-state index contributed by atoms with van der Waals surface area (Å²) >= 11 is 0. The molecule has 0 fully saturated rings. The molecule has 34 heteroatoms. The lowest BCUT2D eigenvalue weighted by Gasteiger charge is -2.37. The van der Waals surface area contributed by atoms with Crippen molar-refractivity contribution in [1.29, 1.82) is 31.6 Å². The smallest absolute Gasteiger partial charge is 0.141 e. The number of hydrogen-bond donors (Lipinski definition) is 11. The number of nitriles is 6. The minimum absolute atomic E-state index is 0.000174. The van der Waals surface area contributed by atoms with Gasteiger partial charge in [0.1, 0.15) is 78.0 Å². The first-order valence-electron chi connectivity index (χ1n) is 25.9. The Bertz CT molecular complexity index is 2060. The minimum Gasteiger partial charge on any atom is -0.409 e. The highest BCUT2D eigenvalue weighted by molar-refractivity contribution is 5.81. The van der Waals surface area contributed by atoms with E-state index in [0.29, 0.717) is 5.70 Å². The second-order valence-electron chi connectivity index (χ2n) is 16.8. The fourth-order valence-electron chi connectivity index (χ4n) is 6.49. The monoisotopic (exact) mass is 1180 g/mol. The molecule has 34 nitrogen and oxygen atoms in total. The summed E-state index contributed by atoms with van der Waals surface area (Å²) in [7, 11) is 0. The molecule has 0 aliphatic carbocycles. The zero-order chi connectivity index (χ0) is 62.1. The van der Waals surface area contributed by atoms with Gasteiger partial charge in [0, 0.05) is 44.2 Å². The van der Waals surface area contributed by atoms with E-state index < -0.39 is 48.8 Å². The Hall–Kier alpha value is -7.65. The first-order chi connectivity index (χ1) is 40.2. The predicted octanol–water partition coefficient (Wildman–Crippen LogP) is 0.148. The van der Waals surface area contributed by atoms with Gasteiger partial charge in [-0.2, -0.15) is 31.6 Å². The molecule has 0 bridgehead atoms. The summed E-state index contributed by atoms with van der Waals surface area (Å²) in [5.41, 5.74) is 34.2. The molecule has 0 aromatic rings. The summed E-state index contributed by atoms with van der Waals surface area (Å²) in [6.07, 6.45) is -6.02. The van der Waals surface area contributed by atoms with Crippen LogP contribution in [-0.2, 0) is 56.8 Å². The lowest BCUT2D eigenvalue weighted by atomic mass is 10.0. The van der Waals surface area contributed by atoms with Crippen molar-refractivity contribution in [1.82, 2.24) is 0 Å². The number of hydrogen-bond acceptors (Lipinski definition) is 29. The third kappa shape index (κ3) is 41.9. The normalized spacial score (nSPS) is 15.0. The molecule has 0 rings (SSSR count). The number of nitrogens with zero attached hydrogens (tertiary/aromatic N) is 11. The summed E-state index contributed by atoms with van der Waals surface area (Å²) in [4.78, 5) is 0. The molecule has 0 unspecified atom stereocenters. The van der Waals surface area contributed by atoms with Gasteiger partial charge >= 0.3 is 0 Å². The van der Waals surface area contributed by atoms with Gasteiger partial charge in [0.25, 0.3) is 0 Å². The molecule has 0 aromatic carbocycles. The minimum atomic E-state index is -1.05. The number of oxime groups is 5. The molecule has 8 atom stereocenters. The van der Waals surface area contributed by atoms with Crippen molar-refractivity contribution in [3.05, 3.63) is 12.3 Å². The molecule has 466 valence electrons. The Morgan fingerprint density at radius 2 is 0.518 bits per heavy atom. The van der Waals surface area contributed by atoms with Crippen LogP contribution in [0.15, 0.2) is 38.1 Å². The SMILES string of the molecule is C=C(N)CCO[C@H](COCC/C(N)=N/O)[C@@H](OCC/C(N)=N/O)[C@H](OCC/C(N)=N\O)[C@H](COCC/C(N)=N\O)OCC/C(N)=N\O.N#CCCOC[C@H](OCCC#N)[C@@H](OCCC#N)[C@H](OCCC#N)[C@@H](COCCC#N)OCCC#N. The first-order valence-corrected chi connectivity index (χ1v) is 25.9. The van der Waals surface area contributed by atoms with E-state index in [4.69, 9.17) is 149 Å². The van der Waals surface area contributed by atoms with Crippen molar-refractivity contribution < 1.29 is 82.9 Å². The number of amidine groups is 5. The van der Waals surface area contributed by atoms with Crippen molar-refractivity contribution in [3.8, 4) is 36.4 Å². The van der Waals surface area contributed by atoms with E-state index in [9.17, 15) is 0 Å². The van der Waals surface area contributed by atoms with Gasteiger partial charge in [-0.15, -0.1) is 0 Å². The van der Waals surface area contributed by atoms with Crippen LogP contribution in [0.3, 0.4) is 0 Å². The van der Waals surface area contributed by atoms with E-state index in [1.807, 2.05) is 36.4 Å². The quantitative estimate of drug-likeness (QED) is 0.0127. The van der Waals surface area contributed by atoms with Crippen LogP contribution in [0.5, 0.6) is 0 Å². The van der Waals surface area contributed by atoms with Crippen LogP contribution in [0, 0.1) is 68.0 Å². The average molecular weight is 1180 g/mol. The summed E-state index contributed by atoms with van der Waals surface area (Å²) in [6, 6.07) is 12.0. The van der Waals surface area contributed by atoms with Crippen molar-refractivity contribution in [3.63, 3.8) is 0 Å². The Labute approximate surface area is 483 Å². The topological polar surface area (TPSA) is 573 Å². The van der Waals surface area contributed by atoms with Crippen LogP contribution in [0.4, 0.5) is 0 Å². The van der Waals surface area contributed by atoms with Crippen LogP contribution in [0.25, 0.3) is 0 Å². The third-order valence-electron chi connectivity index (χ3n) is 10.5. The van der Waals surface area contributed by atoms with E-state index in [1.165, 1.54) is 0 Å². The molecule has 0 heterocycles. The van der Waals surface area contributed by atoms with Gasteiger partial charge in [0.2, 0.25) is 0 Å². The van der Waals surface area contributed by atoms with E-state index in [1.54, 1.807) is 0 Å². The Morgan fingerprint density at radius 1 is 0.313 bits per heavy atom. The maximum absolute atomic E-state index is 9.04. The molecule has 0 saturated heterocycles. The van der Waals surface area contributed by atoms with Gasteiger partial charge < -0.3 is 117 Å². The Morgan fingerprint density at radius 3 is 0.783 bits per heavy atom. The van der Waals surface area contributed by atoms with E-state index in [2.05, 4.69) is 32.4 Å². The molecule has 0 spiro atoms. The standard InChI is InChI=1S/C25H51N11O11.C24H32N6O6/c1-16(26)2-10-44-17(14-42-8-3-19(27)32-37)24(46-12-6-22(30)35-40)25(47-13-7-23(31)36-41)18(45-11-5-21(29)34-39)15-43-9-4-20(28)33-38;25-7-1-13-31-19-21(33-15-3-9-27)23(35-17-5-11-29)24(36-18-6-12-30)22(34-16-4-10-28)20-32-14-2-8-26/h17-18,24-25,37-41H,1-15,26H2,(H2,27,32)(H2,28,33)(H2,29,34)(H2,30,35)(H2,31,36);21-24H,1-6,13-20H2/t17-,18+,24-,25-;21-,22+,23-,24-/m11/s1. The summed E-state index contributed by atoms with van der Waals surface area (Å²) in [5, 5.41) is 113. The number of ether oxygens (including phenoxy) is 12. The van der Waals surface area contributed by atoms with Crippen LogP contribution in [0.1, 0.15) is 77.0 Å². The second-order valence-corrected chi connectivity index (χ2v) is 16.8. The van der Waals surface area contributed by atoms with Gasteiger partial charge in [-0.1, -0.05) is 32.4 Å². The zero-order valence-electron chi connectivity index (χ0n) is 46.6. The summed E-state index contributed by atoms with van der Waals surface area (Å²) < 4.78 is 71.2. The van der Waals surface area contributed by atoms with Gasteiger partial charge in [0.15, 0.2) is 0 Å². The number of rotatable bonds is 52. The highest BCUT2D eigenvalue weighted by Crippen LogP contribution is 2.23. The molecular weight excluding hydrogens is 1100 g/mol. The molecule has 0 aromatic heterocycles. The fraction of sp³-hybridized carbons (Fsp3) is 0.735. The van der Waals surface area contributed by atoms with E-state index >= 15 is 0 Å². The van der Waals surface area contributed by atoms with Crippen LogP contribution in [0.2, 0.25) is 0 Å². The van der Waals surface area contributed by atoms with Gasteiger partial charge in [-0.3, -0.25) is 0 Å². The molecule has 0 amide bonds. The van der Waals surface area contributed by atoms with Crippen LogP contribution < -0.4 is 34.4 Å². The van der Waals surface area contributed by atoms with Crippen LogP contribution in [-0.4, -0.2) is 210 Å². The third-order valence-corrected chi connectivity index (χ3v) is 10.5. The molecular formula is C49H83N17O17. The van der Waals surface area contributed by atoms with Gasteiger partial charge in [-0.25, -0.2) is 0 Å². The average Bonchev–Trinajstić information content (AvgIpc) is 3.50. The Balaban J connectivity index is 0. The van der Waals surface area contributed by atoms with Crippen molar-refractivity contribution >= 4 is 29.2 Å². The maximum atomic E-state index is 9.04. The summed E-state index contributed by atoms with van der Waals surface area (Å²) in [5.74, 6) is -0.452. The lowest BCUT2D eigenvalue weighted by Crippen LogP contribution is -2.53. The van der Waals surface area contributed by atoms with Gasteiger partial charge in [-0.05, 0) is 0 Å². The molecule has 17 N–H and O–H groups in total. The van der Waals surface area contributed by atoms with Gasteiger partial charge in [0.05, 0.1) is 181 Å². The van der Waals surface area contributed by atoms with E-state index in [0.717, 1.165) is 0 Å². The van der Waals surface area contributed by atoms with Crippen molar-refractivity contribution in [2.24, 2.45) is 60.2 Å². The largest absolute Gasteiger partial charge is 0.409 e. The lowest BCUT2D eigenvalue weighted by molar-refractivity contribution is -0.195. The molecule has 83 heavy (non-hydrogen) atoms. The van der Waals surface area contributed by atoms with Crippen molar-refractivity contribution in [2.45, 2.75) is 126 Å². The predicted molar refractivity (Wildman–Crippen MR) is 291 cm³/mol. The van der Waals surface area contributed by atoms with Crippen LogP contribution >= 0.6 is 0 Å². The second kappa shape index (κ2) is 54.9. The van der Waals surface area contributed by atoms with Crippen molar-refractivity contribution in [2.75, 3.05) is 106 Å².